The Bertz CT molecular complexity index is 999. The van der Waals surface area contributed by atoms with E-state index < -0.39 is 5.60 Å². The Morgan fingerprint density at radius 1 is 0.878 bits per heavy atom. The van der Waals surface area contributed by atoms with Crippen LogP contribution in [0.5, 0.6) is 0 Å². The number of esters is 1. The van der Waals surface area contributed by atoms with Gasteiger partial charge < -0.3 is 28.7 Å². The van der Waals surface area contributed by atoms with Gasteiger partial charge in [0.05, 0.1) is 24.7 Å². The third kappa shape index (κ3) is 8.82. The first kappa shape index (κ1) is 31.1. The van der Waals surface area contributed by atoms with E-state index in [-0.39, 0.29) is 49.1 Å². The van der Waals surface area contributed by atoms with E-state index in [9.17, 15) is 14.4 Å². The van der Waals surface area contributed by atoms with Gasteiger partial charge in [-0.15, -0.1) is 0 Å². The summed E-state index contributed by atoms with van der Waals surface area (Å²) in [6.45, 7) is 11.0. The summed E-state index contributed by atoms with van der Waals surface area (Å²) in [4.78, 5) is 44.0. The zero-order valence-corrected chi connectivity index (χ0v) is 25.1. The molecular weight excluding hydrogens is 526 g/mol. The summed E-state index contributed by atoms with van der Waals surface area (Å²) in [6, 6.07) is 9.51. The highest BCUT2D eigenvalue weighted by atomic mass is 16.6. The number of likely N-dealkylation sites (tertiary alicyclic amines) is 1. The Morgan fingerprint density at radius 2 is 1.56 bits per heavy atom. The van der Waals surface area contributed by atoms with Crippen LogP contribution in [0, 0.1) is 5.92 Å². The largest absolute Gasteiger partial charge is 0.466 e. The van der Waals surface area contributed by atoms with E-state index in [2.05, 4.69) is 4.90 Å². The number of carbonyl (C=O) groups excluding carboxylic acids is 3. The van der Waals surface area contributed by atoms with Gasteiger partial charge in [-0.25, -0.2) is 9.59 Å². The van der Waals surface area contributed by atoms with Crippen molar-refractivity contribution in [3.8, 4) is 0 Å². The maximum absolute atomic E-state index is 13.2. The highest BCUT2D eigenvalue weighted by molar-refractivity contribution is 5.72. The van der Waals surface area contributed by atoms with E-state index in [1.54, 1.807) is 4.90 Å². The molecule has 228 valence electrons. The second-order valence-corrected chi connectivity index (χ2v) is 12.2. The molecule has 0 radical (unpaired) electrons. The highest BCUT2D eigenvalue weighted by Gasteiger charge is 2.43. The lowest BCUT2D eigenvalue weighted by atomic mass is 9.87. The molecule has 1 aromatic carbocycles. The molecule has 3 aliphatic rings. The summed E-state index contributed by atoms with van der Waals surface area (Å²) >= 11 is 0. The van der Waals surface area contributed by atoms with Crippen LogP contribution >= 0.6 is 0 Å². The SMILES string of the molecule is CCOC(=O)C1CCC(OC([C@@H]2CCCN2C(=O)OC(C)(C)C)N2CCN(C(=O)OCc3ccccc3)CC2)CC1. The minimum absolute atomic E-state index is 0.0133. The molecule has 10 heteroatoms. The smallest absolute Gasteiger partial charge is 0.410 e. The molecule has 2 atom stereocenters. The zero-order valence-electron chi connectivity index (χ0n) is 25.1. The van der Waals surface area contributed by atoms with Gasteiger partial charge in [0.2, 0.25) is 0 Å². The fourth-order valence-electron chi connectivity index (χ4n) is 5.92. The first-order valence-electron chi connectivity index (χ1n) is 15.2. The summed E-state index contributed by atoms with van der Waals surface area (Å²) in [6.07, 6.45) is 3.73. The molecule has 0 aromatic heterocycles. The van der Waals surface area contributed by atoms with E-state index in [1.165, 1.54) is 0 Å². The molecule has 1 aromatic rings. The molecule has 2 aliphatic heterocycles. The van der Waals surface area contributed by atoms with E-state index >= 15 is 0 Å². The minimum Gasteiger partial charge on any atom is -0.466 e. The average Bonchev–Trinajstić information content (AvgIpc) is 3.45. The number of benzene rings is 1. The molecule has 2 saturated heterocycles. The molecule has 1 unspecified atom stereocenters. The standard InChI is InChI=1S/C31H47N3O7/c1-5-38-28(35)24-13-15-25(16-14-24)40-27(26-12-9-17-34(26)30(37)41-31(2,3)4)32-18-20-33(21-19-32)29(36)39-22-23-10-7-6-8-11-23/h6-8,10-11,24-27H,5,9,12-22H2,1-4H3/t24?,25?,26-,27?/m0/s1. The van der Waals surface area contributed by atoms with E-state index in [0.29, 0.717) is 39.3 Å². The molecule has 0 N–H and O–H groups in total. The van der Waals surface area contributed by atoms with Crippen LogP contribution in [0.2, 0.25) is 0 Å². The normalized spacial score (nSPS) is 24.5. The first-order valence-corrected chi connectivity index (χ1v) is 15.2. The molecule has 2 heterocycles. The third-order valence-corrected chi connectivity index (χ3v) is 8.02. The predicted octanol–water partition coefficient (Wildman–Crippen LogP) is 4.80. The van der Waals surface area contributed by atoms with Gasteiger partial charge in [0.25, 0.3) is 0 Å². The molecule has 1 aliphatic carbocycles. The van der Waals surface area contributed by atoms with Crippen LogP contribution in [0.3, 0.4) is 0 Å². The topological polar surface area (TPSA) is 97.9 Å². The minimum atomic E-state index is -0.586. The van der Waals surface area contributed by atoms with Crippen molar-refractivity contribution >= 4 is 18.2 Å². The van der Waals surface area contributed by atoms with Crippen LogP contribution < -0.4 is 0 Å². The quantitative estimate of drug-likeness (QED) is 0.323. The average molecular weight is 574 g/mol. The molecule has 3 fully saturated rings. The molecule has 0 spiro atoms. The van der Waals surface area contributed by atoms with Crippen molar-refractivity contribution in [2.75, 3.05) is 39.3 Å². The summed E-state index contributed by atoms with van der Waals surface area (Å²) in [7, 11) is 0. The summed E-state index contributed by atoms with van der Waals surface area (Å²) < 4.78 is 23.3. The van der Waals surface area contributed by atoms with Crippen molar-refractivity contribution in [2.24, 2.45) is 5.92 Å². The van der Waals surface area contributed by atoms with Gasteiger partial charge in [-0.3, -0.25) is 9.69 Å². The van der Waals surface area contributed by atoms with Crippen LogP contribution in [0.1, 0.15) is 71.8 Å². The molecule has 1 saturated carbocycles. The Labute approximate surface area is 244 Å². The van der Waals surface area contributed by atoms with Gasteiger partial charge >= 0.3 is 18.2 Å². The van der Waals surface area contributed by atoms with Gasteiger partial charge in [-0.05, 0) is 71.8 Å². The highest BCUT2D eigenvalue weighted by Crippen LogP contribution is 2.33. The van der Waals surface area contributed by atoms with E-state index in [1.807, 2.05) is 62.9 Å². The predicted molar refractivity (Wildman–Crippen MR) is 153 cm³/mol. The van der Waals surface area contributed by atoms with Crippen LogP contribution in [-0.2, 0) is 30.3 Å². The van der Waals surface area contributed by atoms with Crippen molar-refractivity contribution in [3.05, 3.63) is 35.9 Å². The third-order valence-electron chi connectivity index (χ3n) is 8.02. The fraction of sp³-hybridized carbons (Fsp3) is 0.710. The maximum atomic E-state index is 13.2. The number of hydrogen-bond acceptors (Lipinski definition) is 8. The summed E-state index contributed by atoms with van der Waals surface area (Å²) in [5.74, 6) is -0.201. The van der Waals surface area contributed by atoms with Gasteiger partial charge in [-0.1, -0.05) is 30.3 Å². The molecule has 10 nitrogen and oxygen atoms in total. The summed E-state index contributed by atoms with van der Waals surface area (Å²) in [5, 5.41) is 0. The monoisotopic (exact) mass is 573 g/mol. The van der Waals surface area contributed by atoms with Crippen molar-refractivity contribution in [2.45, 2.75) is 96.8 Å². The fourth-order valence-corrected chi connectivity index (χ4v) is 5.92. The number of piperazine rings is 1. The Balaban J connectivity index is 1.39. The molecule has 41 heavy (non-hydrogen) atoms. The lowest BCUT2D eigenvalue weighted by Gasteiger charge is -2.44. The lowest BCUT2D eigenvalue weighted by Crippen LogP contribution is -2.59. The van der Waals surface area contributed by atoms with E-state index in [0.717, 1.165) is 44.1 Å². The van der Waals surface area contributed by atoms with Crippen molar-refractivity contribution < 1.29 is 33.3 Å². The number of nitrogens with zero attached hydrogens (tertiary/aromatic N) is 3. The van der Waals surface area contributed by atoms with Gasteiger partial charge in [-0.2, -0.15) is 0 Å². The number of ether oxygens (including phenoxy) is 4. The Hall–Kier alpha value is -2.85. The maximum Gasteiger partial charge on any atom is 0.410 e. The Morgan fingerprint density at radius 3 is 2.20 bits per heavy atom. The summed E-state index contributed by atoms with van der Waals surface area (Å²) in [5.41, 5.74) is 0.367. The first-order chi connectivity index (χ1) is 19.6. The van der Waals surface area contributed by atoms with E-state index in [4.69, 9.17) is 18.9 Å². The van der Waals surface area contributed by atoms with Crippen molar-refractivity contribution in [3.63, 3.8) is 0 Å². The Kier molecular flexibility index (Phi) is 10.9. The van der Waals surface area contributed by atoms with Crippen LogP contribution in [0.15, 0.2) is 30.3 Å². The number of carbonyl (C=O) groups is 3. The number of amides is 2. The zero-order chi connectivity index (χ0) is 29.4. The van der Waals surface area contributed by atoms with Crippen molar-refractivity contribution in [1.82, 2.24) is 14.7 Å². The lowest BCUT2D eigenvalue weighted by molar-refractivity contribution is -0.159. The molecule has 2 amide bonds. The van der Waals surface area contributed by atoms with Gasteiger partial charge in [0, 0.05) is 32.7 Å². The van der Waals surface area contributed by atoms with Crippen molar-refractivity contribution in [1.29, 1.82) is 0 Å². The molecular formula is C31H47N3O7. The second-order valence-electron chi connectivity index (χ2n) is 12.2. The van der Waals surface area contributed by atoms with Gasteiger partial charge in [0.1, 0.15) is 18.4 Å². The second kappa shape index (κ2) is 14.4. The van der Waals surface area contributed by atoms with Crippen LogP contribution in [0.25, 0.3) is 0 Å². The number of hydrogen-bond donors (Lipinski definition) is 0. The van der Waals surface area contributed by atoms with Crippen LogP contribution in [-0.4, -0.2) is 96.2 Å². The molecule has 4 rings (SSSR count). The van der Waals surface area contributed by atoms with Crippen LogP contribution in [0.4, 0.5) is 9.59 Å². The van der Waals surface area contributed by atoms with Gasteiger partial charge in [0.15, 0.2) is 0 Å². The number of rotatable bonds is 8. The molecule has 0 bridgehead atoms.